The van der Waals surface area contributed by atoms with E-state index in [1.54, 1.807) is 0 Å². The van der Waals surface area contributed by atoms with Crippen LogP contribution in [-0.2, 0) is 0 Å². The molecule has 0 aliphatic rings. The van der Waals surface area contributed by atoms with Gasteiger partial charge in [-0.2, -0.15) is 0 Å². The number of fused-ring (bicyclic) bond motifs is 1. The highest BCUT2D eigenvalue weighted by Crippen LogP contribution is 2.40. The van der Waals surface area contributed by atoms with Gasteiger partial charge in [0.1, 0.15) is 5.39 Å². The van der Waals surface area contributed by atoms with Crippen molar-refractivity contribution in [3.63, 3.8) is 0 Å². The minimum atomic E-state index is -0.427. The van der Waals surface area contributed by atoms with E-state index in [0.717, 1.165) is 0 Å². The Balaban J connectivity index is 2.94. The van der Waals surface area contributed by atoms with E-state index in [1.165, 1.54) is 26.6 Å². The Kier molecular flexibility index (Phi) is 2.40. The number of rotatable bonds is 2. The molecule has 0 fully saturated rings. The molecule has 0 saturated carbocycles. The maximum absolute atomic E-state index is 11.5. The molecule has 1 heterocycles. The number of ether oxygens (including phenoxy) is 2. The second-order valence-electron chi connectivity index (χ2n) is 3.09. The molecule has 2 N–H and O–H groups in total. The van der Waals surface area contributed by atoms with Crippen LogP contribution in [0.15, 0.2) is 17.2 Å². The number of hydrogen-bond donors (Lipinski definition) is 2. The lowest BCUT2D eigenvalue weighted by Gasteiger charge is -2.10. The molecule has 6 heteroatoms. The molecule has 0 atom stereocenters. The van der Waals surface area contributed by atoms with Gasteiger partial charge in [0.15, 0.2) is 11.5 Å². The van der Waals surface area contributed by atoms with Crippen LogP contribution in [0.5, 0.6) is 17.2 Å². The summed E-state index contributed by atoms with van der Waals surface area (Å²) in [6.45, 7) is 0. The molecule has 1 aromatic heterocycles. The average molecular weight is 222 g/mol. The fraction of sp³-hybridized carbons (Fsp3) is 0.200. The Hall–Kier alpha value is -2.24. The number of H-pyrrole nitrogens is 1. The quantitative estimate of drug-likeness (QED) is 0.779. The van der Waals surface area contributed by atoms with Crippen molar-refractivity contribution >= 4 is 10.9 Å². The number of aromatic hydroxyl groups is 1. The lowest BCUT2D eigenvalue weighted by atomic mass is 10.2. The van der Waals surface area contributed by atoms with Gasteiger partial charge in [0, 0.05) is 6.07 Å². The van der Waals surface area contributed by atoms with E-state index in [-0.39, 0.29) is 16.9 Å². The largest absolute Gasteiger partial charge is 0.504 e. The molecule has 0 aliphatic heterocycles. The number of benzene rings is 1. The SMILES string of the molecule is COc1cc2nc[nH]c(=O)c2c(O)c1OC. The molecule has 0 radical (unpaired) electrons. The first-order valence-corrected chi connectivity index (χ1v) is 4.50. The van der Waals surface area contributed by atoms with Crippen molar-refractivity contribution in [1.82, 2.24) is 9.97 Å². The van der Waals surface area contributed by atoms with Crippen LogP contribution in [0.4, 0.5) is 0 Å². The summed E-state index contributed by atoms with van der Waals surface area (Å²) in [5.41, 5.74) is -0.0812. The maximum atomic E-state index is 11.5. The Morgan fingerprint density at radius 1 is 1.38 bits per heavy atom. The van der Waals surface area contributed by atoms with Crippen LogP contribution in [-0.4, -0.2) is 29.3 Å². The van der Waals surface area contributed by atoms with Crippen LogP contribution >= 0.6 is 0 Å². The van der Waals surface area contributed by atoms with E-state index in [1.807, 2.05) is 0 Å². The zero-order valence-electron chi connectivity index (χ0n) is 8.77. The van der Waals surface area contributed by atoms with Gasteiger partial charge in [0.05, 0.1) is 26.1 Å². The smallest absolute Gasteiger partial charge is 0.262 e. The predicted octanol–water partition coefficient (Wildman–Crippen LogP) is 0.646. The highest BCUT2D eigenvalue weighted by Gasteiger charge is 2.16. The van der Waals surface area contributed by atoms with Crippen LogP contribution < -0.4 is 15.0 Å². The van der Waals surface area contributed by atoms with Crippen molar-refractivity contribution < 1.29 is 14.6 Å². The molecule has 0 spiro atoms. The number of phenolic OH excluding ortho intramolecular Hbond substituents is 1. The van der Waals surface area contributed by atoms with E-state index in [4.69, 9.17) is 9.47 Å². The fourth-order valence-electron chi connectivity index (χ4n) is 1.52. The molecule has 0 aliphatic carbocycles. The number of aromatic amines is 1. The number of methoxy groups -OCH3 is 2. The summed E-state index contributed by atoms with van der Waals surface area (Å²) >= 11 is 0. The third kappa shape index (κ3) is 1.35. The summed E-state index contributed by atoms with van der Waals surface area (Å²) < 4.78 is 10.0. The van der Waals surface area contributed by atoms with Crippen molar-refractivity contribution in [2.75, 3.05) is 14.2 Å². The maximum Gasteiger partial charge on any atom is 0.262 e. The third-order valence-corrected chi connectivity index (χ3v) is 2.25. The molecule has 2 rings (SSSR count). The second kappa shape index (κ2) is 3.73. The van der Waals surface area contributed by atoms with Gasteiger partial charge in [-0.25, -0.2) is 4.98 Å². The van der Waals surface area contributed by atoms with Crippen molar-refractivity contribution in [2.24, 2.45) is 0 Å². The first-order chi connectivity index (χ1) is 7.69. The van der Waals surface area contributed by atoms with Gasteiger partial charge in [-0.3, -0.25) is 4.79 Å². The summed E-state index contributed by atoms with van der Waals surface area (Å²) in [5.74, 6) is 0.172. The molecule has 0 unspecified atom stereocenters. The van der Waals surface area contributed by atoms with Gasteiger partial charge in [0.2, 0.25) is 5.75 Å². The van der Waals surface area contributed by atoms with Crippen molar-refractivity contribution in [3.8, 4) is 17.2 Å². The lowest BCUT2D eigenvalue weighted by molar-refractivity contribution is 0.335. The Bertz CT molecular complexity index is 591. The first kappa shape index (κ1) is 10.3. The summed E-state index contributed by atoms with van der Waals surface area (Å²) in [6, 6.07) is 1.53. The predicted molar refractivity (Wildman–Crippen MR) is 57.1 cm³/mol. The van der Waals surface area contributed by atoms with Crippen molar-refractivity contribution in [2.45, 2.75) is 0 Å². The number of hydrogen-bond acceptors (Lipinski definition) is 5. The van der Waals surface area contributed by atoms with Crippen LogP contribution in [0, 0.1) is 0 Å². The Labute approximate surface area is 90.5 Å². The minimum Gasteiger partial charge on any atom is -0.504 e. The van der Waals surface area contributed by atoms with E-state index >= 15 is 0 Å². The van der Waals surface area contributed by atoms with Gasteiger partial charge in [-0.05, 0) is 0 Å². The van der Waals surface area contributed by atoms with Gasteiger partial charge in [0.25, 0.3) is 5.56 Å². The number of nitrogens with one attached hydrogen (secondary N) is 1. The van der Waals surface area contributed by atoms with E-state index < -0.39 is 5.56 Å². The van der Waals surface area contributed by atoms with Crippen LogP contribution in [0.2, 0.25) is 0 Å². The fourth-order valence-corrected chi connectivity index (χ4v) is 1.52. The molecule has 16 heavy (non-hydrogen) atoms. The van der Waals surface area contributed by atoms with Crippen LogP contribution in [0.1, 0.15) is 0 Å². The van der Waals surface area contributed by atoms with Gasteiger partial charge >= 0.3 is 0 Å². The van der Waals surface area contributed by atoms with E-state index in [9.17, 15) is 9.90 Å². The normalized spacial score (nSPS) is 10.4. The Morgan fingerprint density at radius 2 is 2.12 bits per heavy atom. The summed E-state index contributed by atoms with van der Waals surface area (Å²) in [7, 11) is 2.82. The zero-order valence-corrected chi connectivity index (χ0v) is 8.77. The van der Waals surface area contributed by atoms with Crippen molar-refractivity contribution in [3.05, 3.63) is 22.7 Å². The molecule has 2 aromatic rings. The second-order valence-corrected chi connectivity index (χ2v) is 3.09. The Morgan fingerprint density at radius 3 is 2.75 bits per heavy atom. The molecular weight excluding hydrogens is 212 g/mol. The van der Waals surface area contributed by atoms with E-state index in [0.29, 0.717) is 11.3 Å². The summed E-state index contributed by atoms with van der Waals surface area (Å²) in [6.07, 6.45) is 1.26. The molecule has 0 saturated heterocycles. The van der Waals surface area contributed by atoms with Gasteiger partial charge < -0.3 is 19.6 Å². The highest BCUT2D eigenvalue weighted by atomic mass is 16.5. The highest BCUT2D eigenvalue weighted by molar-refractivity contribution is 5.89. The monoisotopic (exact) mass is 222 g/mol. The average Bonchev–Trinajstić information content (AvgIpc) is 2.28. The molecule has 6 nitrogen and oxygen atoms in total. The number of aromatic nitrogens is 2. The molecule has 84 valence electrons. The van der Waals surface area contributed by atoms with Crippen molar-refractivity contribution in [1.29, 1.82) is 0 Å². The number of nitrogens with zero attached hydrogens (tertiary/aromatic N) is 1. The van der Waals surface area contributed by atoms with E-state index in [2.05, 4.69) is 9.97 Å². The zero-order chi connectivity index (χ0) is 11.7. The molecule has 0 amide bonds. The van der Waals surface area contributed by atoms with Crippen LogP contribution in [0.25, 0.3) is 10.9 Å². The third-order valence-electron chi connectivity index (χ3n) is 2.25. The summed E-state index contributed by atoms with van der Waals surface area (Å²) in [5, 5.41) is 9.96. The number of phenols is 1. The van der Waals surface area contributed by atoms with Gasteiger partial charge in [-0.1, -0.05) is 0 Å². The molecule has 1 aromatic carbocycles. The standard InChI is InChI=1S/C10H10N2O4/c1-15-6-3-5-7(8(13)9(6)16-2)10(14)12-4-11-5/h3-4,13H,1-2H3,(H,11,12,14). The minimum absolute atomic E-state index is 0.0835. The molecule has 0 bridgehead atoms. The first-order valence-electron chi connectivity index (χ1n) is 4.50. The lowest BCUT2D eigenvalue weighted by Crippen LogP contribution is -2.07. The van der Waals surface area contributed by atoms with Gasteiger partial charge in [-0.15, -0.1) is 0 Å². The summed E-state index contributed by atoms with van der Waals surface area (Å²) in [4.78, 5) is 17.8. The topological polar surface area (TPSA) is 84.4 Å². The van der Waals surface area contributed by atoms with Crippen LogP contribution in [0.3, 0.4) is 0 Å². The molecular formula is C10H10N2O4.